The third kappa shape index (κ3) is 3.26. The van der Waals surface area contributed by atoms with Crippen LogP contribution in [0.15, 0.2) is 24.4 Å². The first kappa shape index (κ1) is 16.8. The van der Waals surface area contributed by atoms with Crippen LogP contribution in [0.25, 0.3) is 10.9 Å². The molecule has 3 N–H and O–H groups in total. The quantitative estimate of drug-likeness (QED) is 0.634. The molecular weight excluding hydrogens is 320 g/mol. The van der Waals surface area contributed by atoms with Crippen LogP contribution in [-0.2, 0) is 4.74 Å². The second kappa shape index (κ2) is 6.43. The van der Waals surface area contributed by atoms with Crippen molar-refractivity contribution in [1.29, 1.82) is 0 Å². The van der Waals surface area contributed by atoms with Crippen LogP contribution in [0.1, 0.15) is 46.0 Å². The number of benzene rings is 1. The second-order valence-corrected chi connectivity index (χ2v) is 6.21. The molecule has 7 heteroatoms. The van der Waals surface area contributed by atoms with E-state index in [1.807, 2.05) is 12.1 Å². The van der Waals surface area contributed by atoms with Crippen molar-refractivity contribution in [1.82, 2.24) is 15.2 Å². The van der Waals surface area contributed by atoms with Gasteiger partial charge in [-0.05, 0) is 51.5 Å². The van der Waals surface area contributed by atoms with Gasteiger partial charge in [0.25, 0.3) is 5.91 Å². The van der Waals surface area contributed by atoms with Crippen LogP contribution in [0.5, 0.6) is 0 Å². The average molecular weight is 340 g/mol. The molecule has 0 aliphatic carbocycles. The highest BCUT2D eigenvalue weighted by molar-refractivity contribution is 6.07. The van der Waals surface area contributed by atoms with E-state index < -0.39 is 5.97 Å². The maximum atomic E-state index is 12.6. The summed E-state index contributed by atoms with van der Waals surface area (Å²) in [6, 6.07) is 5.46. The summed E-state index contributed by atoms with van der Waals surface area (Å²) in [5.41, 5.74) is 3.48. The lowest BCUT2D eigenvalue weighted by Crippen LogP contribution is -2.15. The molecule has 7 nitrogen and oxygen atoms in total. The standard InChI is InChI=1S/C18H20N4O3/c1-9(2)25-18(24)15-10(3)16(20-11(15)4)17(23)21-13-5-6-14-12(7-13)8-19-22-14/h5-9,20H,1-4H3,(H,19,22)(H,21,23). The van der Waals surface area contributed by atoms with Crippen molar-refractivity contribution in [2.45, 2.75) is 33.8 Å². The summed E-state index contributed by atoms with van der Waals surface area (Å²) in [5, 5.41) is 10.6. The SMILES string of the molecule is Cc1[nH]c(C(=O)Nc2ccc3[nH]ncc3c2)c(C)c1C(=O)OC(C)C. The summed E-state index contributed by atoms with van der Waals surface area (Å²) in [6.07, 6.45) is 1.47. The number of H-pyrrole nitrogens is 2. The lowest BCUT2D eigenvalue weighted by atomic mass is 10.1. The van der Waals surface area contributed by atoms with Gasteiger partial charge in [-0.3, -0.25) is 9.89 Å². The van der Waals surface area contributed by atoms with Crippen molar-refractivity contribution in [2.24, 2.45) is 0 Å². The van der Waals surface area contributed by atoms with E-state index in [1.165, 1.54) is 0 Å². The molecule has 3 aromatic rings. The second-order valence-electron chi connectivity index (χ2n) is 6.21. The fourth-order valence-corrected chi connectivity index (χ4v) is 2.77. The number of aryl methyl sites for hydroxylation is 1. The normalized spacial score (nSPS) is 11.1. The Hall–Kier alpha value is -3.09. The van der Waals surface area contributed by atoms with E-state index >= 15 is 0 Å². The maximum absolute atomic E-state index is 12.6. The number of rotatable bonds is 4. The molecule has 2 heterocycles. The highest BCUT2D eigenvalue weighted by Gasteiger charge is 2.23. The van der Waals surface area contributed by atoms with Gasteiger partial charge in [-0.15, -0.1) is 0 Å². The van der Waals surface area contributed by atoms with E-state index in [0.717, 1.165) is 10.9 Å². The van der Waals surface area contributed by atoms with Crippen LogP contribution < -0.4 is 5.32 Å². The van der Waals surface area contributed by atoms with Gasteiger partial charge >= 0.3 is 5.97 Å². The lowest BCUT2D eigenvalue weighted by molar-refractivity contribution is 0.0376. The van der Waals surface area contributed by atoms with Crippen molar-refractivity contribution in [2.75, 3.05) is 5.32 Å². The Bertz CT molecular complexity index is 953. The number of hydrogen-bond acceptors (Lipinski definition) is 4. The topological polar surface area (TPSA) is 99.9 Å². The first-order valence-corrected chi connectivity index (χ1v) is 8.01. The third-order valence-corrected chi connectivity index (χ3v) is 3.91. The monoisotopic (exact) mass is 340 g/mol. The molecule has 0 radical (unpaired) electrons. The number of fused-ring (bicyclic) bond motifs is 1. The highest BCUT2D eigenvalue weighted by atomic mass is 16.5. The zero-order valence-electron chi connectivity index (χ0n) is 14.6. The first-order valence-electron chi connectivity index (χ1n) is 8.01. The van der Waals surface area contributed by atoms with E-state index in [0.29, 0.717) is 28.2 Å². The van der Waals surface area contributed by atoms with Crippen molar-refractivity contribution < 1.29 is 14.3 Å². The van der Waals surface area contributed by atoms with Gasteiger partial charge in [-0.2, -0.15) is 5.10 Å². The fraction of sp³-hybridized carbons (Fsp3) is 0.278. The number of carbonyl (C=O) groups excluding carboxylic acids is 2. The molecule has 0 saturated carbocycles. The van der Waals surface area contributed by atoms with Crippen LogP contribution in [0, 0.1) is 13.8 Å². The maximum Gasteiger partial charge on any atom is 0.340 e. The predicted octanol–water partition coefficient (Wildman–Crippen LogP) is 3.33. The number of amides is 1. The van der Waals surface area contributed by atoms with E-state index in [-0.39, 0.29) is 12.0 Å². The Morgan fingerprint density at radius 1 is 1.24 bits per heavy atom. The minimum atomic E-state index is -0.430. The number of nitrogens with one attached hydrogen (secondary N) is 3. The molecule has 130 valence electrons. The first-order chi connectivity index (χ1) is 11.9. The summed E-state index contributed by atoms with van der Waals surface area (Å²) < 4.78 is 5.25. The molecule has 0 spiro atoms. The van der Waals surface area contributed by atoms with Gasteiger partial charge in [0.15, 0.2) is 0 Å². The molecule has 0 aliphatic heterocycles. The van der Waals surface area contributed by atoms with Crippen LogP contribution >= 0.6 is 0 Å². The zero-order chi connectivity index (χ0) is 18.1. The van der Waals surface area contributed by atoms with Crippen molar-refractivity contribution >= 4 is 28.5 Å². The van der Waals surface area contributed by atoms with E-state index in [4.69, 9.17) is 4.74 Å². The molecule has 1 aromatic carbocycles. The summed E-state index contributed by atoms with van der Waals surface area (Å²) >= 11 is 0. The fourth-order valence-electron chi connectivity index (χ4n) is 2.77. The number of aromatic amines is 2. The molecule has 0 bridgehead atoms. The molecule has 25 heavy (non-hydrogen) atoms. The smallest absolute Gasteiger partial charge is 0.340 e. The third-order valence-electron chi connectivity index (χ3n) is 3.91. The highest BCUT2D eigenvalue weighted by Crippen LogP contribution is 2.22. The molecule has 0 unspecified atom stereocenters. The van der Waals surface area contributed by atoms with Crippen molar-refractivity contribution in [3.05, 3.63) is 46.9 Å². The molecule has 0 aliphatic rings. The van der Waals surface area contributed by atoms with E-state index in [2.05, 4.69) is 20.5 Å². The molecule has 0 saturated heterocycles. The largest absolute Gasteiger partial charge is 0.459 e. The molecule has 2 aromatic heterocycles. The summed E-state index contributed by atoms with van der Waals surface area (Å²) in [6.45, 7) is 7.05. The number of aromatic nitrogens is 3. The predicted molar refractivity (Wildman–Crippen MR) is 94.9 cm³/mol. The van der Waals surface area contributed by atoms with E-state index in [9.17, 15) is 9.59 Å². The number of anilines is 1. The molecule has 0 fully saturated rings. The number of carbonyl (C=O) groups is 2. The van der Waals surface area contributed by atoms with Gasteiger partial charge in [0.1, 0.15) is 5.69 Å². The van der Waals surface area contributed by atoms with Gasteiger partial charge < -0.3 is 15.0 Å². The Morgan fingerprint density at radius 2 is 2.00 bits per heavy atom. The minimum Gasteiger partial charge on any atom is -0.459 e. The summed E-state index contributed by atoms with van der Waals surface area (Å²) in [7, 11) is 0. The number of hydrogen-bond donors (Lipinski definition) is 3. The van der Waals surface area contributed by atoms with Gasteiger partial charge in [0, 0.05) is 16.8 Å². The molecule has 1 amide bonds. The zero-order valence-corrected chi connectivity index (χ0v) is 14.6. The Balaban J connectivity index is 1.85. The van der Waals surface area contributed by atoms with Crippen LogP contribution in [0.2, 0.25) is 0 Å². The van der Waals surface area contributed by atoms with E-state index in [1.54, 1.807) is 40.0 Å². The van der Waals surface area contributed by atoms with Crippen LogP contribution in [0.4, 0.5) is 5.69 Å². The number of ether oxygens (including phenoxy) is 1. The van der Waals surface area contributed by atoms with Crippen molar-refractivity contribution in [3.8, 4) is 0 Å². The molecule has 3 rings (SSSR count). The number of nitrogens with zero attached hydrogens (tertiary/aromatic N) is 1. The summed E-state index contributed by atoms with van der Waals surface area (Å²) in [4.78, 5) is 27.8. The van der Waals surface area contributed by atoms with Gasteiger partial charge in [-0.25, -0.2) is 4.79 Å². The molecular formula is C18H20N4O3. The minimum absolute atomic E-state index is 0.222. The Kier molecular flexibility index (Phi) is 4.31. The van der Waals surface area contributed by atoms with Crippen molar-refractivity contribution in [3.63, 3.8) is 0 Å². The number of esters is 1. The lowest BCUT2D eigenvalue weighted by Gasteiger charge is -2.08. The average Bonchev–Trinajstić information content (AvgIpc) is 3.10. The van der Waals surface area contributed by atoms with Gasteiger partial charge in [0.2, 0.25) is 0 Å². The van der Waals surface area contributed by atoms with Crippen LogP contribution in [0.3, 0.4) is 0 Å². The Morgan fingerprint density at radius 3 is 2.72 bits per heavy atom. The van der Waals surface area contributed by atoms with Gasteiger partial charge in [-0.1, -0.05) is 0 Å². The van der Waals surface area contributed by atoms with Gasteiger partial charge in [0.05, 0.1) is 23.4 Å². The Labute approximate surface area is 144 Å². The van der Waals surface area contributed by atoms with Crippen LogP contribution in [-0.4, -0.2) is 33.2 Å². The molecule has 0 atom stereocenters. The summed E-state index contributed by atoms with van der Waals surface area (Å²) in [5.74, 6) is -0.743.